The normalized spacial score (nSPS) is 10.6. The lowest BCUT2D eigenvalue weighted by Gasteiger charge is -2.06. The molecule has 0 aromatic carbocycles. The molecule has 18 heavy (non-hydrogen) atoms. The van der Waals surface area contributed by atoms with Crippen molar-refractivity contribution < 1.29 is 0 Å². The van der Waals surface area contributed by atoms with Crippen LogP contribution in [0, 0.1) is 19.3 Å². The van der Waals surface area contributed by atoms with Gasteiger partial charge in [0.2, 0.25) is 0 Å². The Labute approximate surface area is 110 Å². The van der Waals surface area contributed by atoms with Crippen LogP contribution >= 0.6 is 11.6 Å². The van der Waals surface area contributed by atoms with Gasteiger partial charge >= 0.3 is 0 Å². The van der Waals surface area contributed by atoms with Crippen LogP contribution < -0.4 is 5.73 Å². The van der Waals surface area contributed by atoms with Crippen molar-refractivity contribution in [3.05, 3.63) is 46.0 Å². The second-order valence-electron chi connectivity index (χ2n) is 4.11. The zero-order chi connectivity index (χ0) is 13.3. The number of rotatable bonds is 3. The molecule has 0 saturated carbocycles. The van der Waals surface area contributed by atoms with Crippen molar-refractivity contribution in [2.45, 2.75) is 20.4 Å². The van der Waals surface area contributed by atoms with Crippen LogP contribution in [0.4, 0.5) is 0 Å². The van der Waals surface area contributed by atoms with E-state index in [0.29, 0.717) is 17.3 Å². The van der Waals surface area contributed by atoms with Gasteiger partial charge in [-0.15, -0.1) is 0 Å². The van der Waals surface area contributed by atoms with Crippen molar-refractivity contribution in [3.8, 4) is 0 Å². The first-order valence-electron chi connectivity index (χ1n) is 5.48. The summed E-state index contributed by atoms with van der Waals surface area (Å²) in [5.41, 5.74) is 8.61. The Morgan fingerprint density at radius 2 is 2.22 bits per heavy atom. The molecule has 0 saturated heterocycles. The summed E-state index contributed by atoms with van der Waals surface area (Å²) in [4.78, 5) is 4.02. The van der Waals surface area contributed by atoms with Gasteiger partial charge in [-0.25, -0.2) is 0 Å². The lowest BCUT2D eigenvalue weighted by atomic mass is 10.2. The average Bonchev–Trinajstić information content (AvgIpc) is 2.57. The number of pyridine rings is 1. The molecule has 0 fully saturated rings. The molecule has 94 valence electrons. The molecule has 2 aromatic rings. The highest BCUT2D eigenvalue weighted by atomic mass is 35.5. The Morgan fingerprint density at radius 1 is 1.50 bits per heavy atom. The van der Waals surface area contributed by atoms with E-state index < -0.39 is 0 Å². The summed E-state index contributed by atoms with van der Waals surface area (Å²) in [7, 11) is 0. The van der Waals surface area contributed by atoms with E-state index in [1.165, 1.54) is 0 Å². The van der Waals surface area contributed by atoms with Gasteiger partial charge in [0.15, 0.2) is 0 Å². The number of nitrogens with two attached hydrogens (primary N) is 1. The first-order chi connectivity index (χ1) is 8.49. The molecule has 0 unspecified atom stereocenters. The van der Waals surface area contributed by atoms with Crippen molar-refractivity contribution in [2.24, 2.45) is 5.73 Å². The van der Waals surface area contributed by atoms with Crippen molar-refractivity contribution in [1.29, 1.82) is 5.41 Å². The molecule has 6 heteroatoms. The summed E-state index contributed by atoms with van der Waals surface area (Å²) in [5, 5.41) is 12.4. The molecule has 0 bridgehead atoms. The lowest BCUT2D eigenvalue weighted by molar-refractivity contribution is 0.658. The second-order valence-corrected chi connectivity index (χ2v) is 4.48. The van der Waals surface area contributed by atoms with E-state index in [1.807, 2.05) is 24.6 Å². The zero-order valence-electron chi connectivity index (χ0n) is 10.2. The minimum Gasteiger partial charge on any atom is -0.382 e. The van der Waals surface area contributed by atoms with Crippen molar-refractivity contribution in [1.82, 2.24) is 14.8 Å². The number of nitrogens with one attached hydrogen (secondary N) is 1. The van der Waals surface area contributed by atoms with E-state index in [-0.39, 0.29) is 5.84 Å². The summed E-state index contributed by atoms with van der Waals surface area (Å²) in [5.74, 6) is -0.0387. The van der Waals surface area contributed by atoms with Gasteiger partial charge in [-0.1, -0.05) is 11.6 Å². The fourth-order valence-corrected chi connectivity index (χ4v) is 1.86. The predicted molar refractivity (Wildman–Crippen MR) is 71.1 cm³/mol. The lowest BCUT2D eigenvalue weighted by Crippen LogP contribution is -2.14. The third-order valence-electron chi connectivity index (χ3n) is 2.73. The Hall–Kier alpha value is -1.88. The van der Waals surface area contributed by atoms with Crippen LogP contribution in [0.2, 0.25) is 5.02 Å². The number of aromatic nitrogens is 3. The molecule has 2 aromatic heterocycles. The van der Waals surface area contributed by atoms with Gasteiger partial charge in [0.05, 0.1) is 23.0 Å². The molecule has 0 aliphatic heterocycles. The monoisotopic (exact) mass is 263 g/mol. The minimum absolute atomic E-state index is 0.0387. The Bertz CT molecular complexity index is 603. The van der Waals surface area contributed by atoms with Gasteiger partial charge in [-0.2, -0.15) is 5.10 Å². The maximum absolute atomic E-state index is 7.36. The van der Waals surface area contributed by atoms with Crippen LogP contribution in [0.5, 0.6) is 0 Å². The van der Waals surface area contributed by atoms with Gasteiger partial charge in [-0.05, 0) is 31.5 Å². The molecule has 0 radical (unpaired) electrons. The van der Waals surface area contributed by atoms with Crippen LogP contribution in [-0.4, -0.2) is 20.6 Å². The van der Waals surface area contributed by atoms with Crippen LogP contribution in [0.1, 0.15) is 22.6 Å². The maximum Gasteiger partial charge on any atom is 0.141 e. The van der Waals surface area contributed by atoms with Crippen LogP contribution in [-0.2, 0) is 6.54 Å². The van der Waals surface area contributed by atoms with Gasteiger partial charge in [0, 0.05) is 6.20 Å². The highest BCUT2D eigenvalue weighted by Crippen LogP contribution is 2.19. The molecule has 0 amide bonds. The van der Waals surface area contributed by atoms with Gasteiger partial charge < -0.3 is 5.73 Å². The zero-order valence-corrected chi connectivity index (χ0v) is 11.0. The Balaban J connectivity index is 2.31. The second kappa shape index (κ2) is 4.78. The molecule has 0 atom stereocenters. The van der Waals surface area contributed by atoms with Crippen molar-refractivity contribution in [3.63, 3.8) is 0 Å². The van der Waals surface area contributed by atoms with Crippen molar-refractivity contribution >= 4 is 17.4 Å². The molecule has 0 aliphatic rings. The topological polar surface area (TPSA) is 80.6 Å². The van der Waals surface area contributed by atoms with E-state index in [2.05, 4.69) is 10.1 Å². The number of hydrogen-bond donors (Lipinski definition) is 2. The first kappa shape index (κ1) is 12.6. The Kier molecular flexibility index (Phi) is 3.34. The first-order valence-corrected chi connectivity index (χ1v) is 5.85. The third kappa shape index (κ3) is 2.36. The molecule has 2 heterocycles. The standard InChI is InChI=1S/C12H14ClN5/c1-7-11(13)8(2)18(17-7)6-9-3-4-16-10(5-9)12(14)15/h3-5H,6H2,1-2H3,(H3,14,15). The van der Waals surface area contributed by atoms with Gasteiger partial charge in [0.1, 0.15) is 11.5 Å². The quantitative estimate of drug-likeness (QED) is 0.655. The Morgan fingerprint density at radius 3 is 2.78 bits per heavy atom. The van der Waals surface area contributed by atoms with Crippen molar-refractivity contribution in [2.75, 3.05) is 0 Å². The third-order valence-corrected chi connectivity index (χ3v) is 3.27. The molecule has 5 nitrogen and oxygen atoms in total. The highest BCUT2D eigenvalue weighted by Gasteiger charge is 2.09. The van der Waals surface area contributed by atoms with E-state index in [4.69, 9.17) is 22.7 Å². The number of nitrogens with zero attached hydrogens (tertiary/aromatic N) is 3. The van der Waals surface area contributed by atoms with E-state index in [1.54, 1.807) is 12.3 Å². The highest BCUT2D eigenvalue weighted by molar-refractivity contribution is 6.31. The fraction of sp³-hybridized carbons (Fsp3) is 0.250. The minimum atomic E-state index is -0.0387. The van der Waals surface area contributed by atoms with E-state index >= 15 is 0 Å². The number of hydrogen-bond acceptors (Lipinski definition) is 3. The maximum atomic E-state index is 7.36. The van der Waals surface area contributed by atoms with Gasteiger partial charge in [-0.3, -0.25) is 15.1 Å². The summed E-state index contributed by atoms with van der Waals surface area (Å²) in [6, 6.07) is 3.66. The summed E-state index contributed by atoms with van der Waals surface area (Å²) in [6.45, 7) is 4.39. The summed E-state index contributed by atoms with van der Waals surface area (Å²) >= 11 is 6.10. The molecular weight excluding hydrogens is 250 g/mol. The van der Waals surface area contributed by atoms with Crippen LogP contribution in [0.3, 0.4) is 0 Å². The van der Waals surface area contributed by atoms with Crippen LogP contribution in [0.15, 0.2) is 18.3 Å². The van der Waals surface area contributed by atoms with Gasteiger partial charge in [0.25, 0.3) is 0 Å². The smallest absolute Gasteiger partial charge is 0.141 e. The molecule has 2 rings (SSSR count). The SMILES string of the molecule is Cc1nn(Cc2ccnc(C(=N)N)c2)c(C)c1Cl. The largest absolute Gasteiger partial charge is 0.382 e. The average molecular weight is 264 g/mol. The van der Waals surface area contributed by atoms with Crippen LogP contribution in [0.25, 0.3) is 0 Å². The molecular formula is C12H14ClN5. The number of halogens is 1. The molecule has 0 aliphatic carbocycles. The predicted octanol–water partition coefficient (Wildman–Crippen LogP) is 1.88. The number of amidine groups is 1. The summed E-state index contributed by atoms with van der Waals surface area (Å²) in [6.07, 6.45) is 1.64. The van der Waals surface area contributed by atoms with E-state index in [0.717, 1.165) is 17.0 Å². The fourth-order valence-electron chi connectivity index (χ4n) is 1.72. The number of nitrogen functional groups attached to an aromatic ring is 1. The number of aryl methyl sites for hydroxylation is 1. The van der Waals surface area contributed by atoms with E-state index in [9.17, 15) is 0 Å². The summed E-state index contributed by atoms with van der Waals surface area (Å²) < 4.78 is 1.83. The molecule has 0 spiro atoms. The molecule has 3 N–H and O–H groups in total.